The summed E-state index contributed by atoms with van der Waals surface area (Å²) >= 11 is 0. The number of likely N-dealkylation sites (tertiary alicyclic amines) is 1. The molecule has 0 aromatic rings. The molecule has 2 heterocycles. The predicted octanol–water partition coefficient (Wildman–Crippen LogP) is 0.799. The molecule has 0 atom stereocenters. The lowest BCUT2D eigenvalue weighted by molar-refractivity contribution is -0.141. The number of hydrogen-bond donors (Lipinski definition) is 0. The molecule has 0 saturated carbocycles. The van der Waals surface area contributed by atoms with Crippen molar-refractivity contribution >= 4 is 11.8 Å². The van der Waals surface area contributed by atoms with Crippen LogP contribution >= 0.6 is 0 Å². The van der Waals surface area contributed by atoms with Crippen molar-refractivity contribution < 1.29 is 9.59 Å². The summed E-state index contributed by atoms with van der Waals surface area (Å²) in [6.45, 7) is 10.3. The van der Waals surface area contributed by atoms with Gasteiger partial charge < -0.3 is 14.7 Å². The molecule has 2 aliphatic heterocycles. The van der Waals surface area contributed by atoms with E-state index in [0.717, 1.165) is 58.7 Å². The Labute approximate surface area is 121 Å². The van der Waals surface area contributed by atoms with Gasteiger partial charge in [0, 0.05) is 51.6 Å². The molecule has 0 spiro atoms. The zero-order valence-corrected chi connectivity index (χ0v) is 12.8. The number of hydrogen-bond acceptors (Lipinski definition) is 3. The quantitative estimate of drug-likeness (QED) is 0.768. The van der Waals surface area contributed by atoms with Crippen LogP contribution < -0.4 is 0 Å². The van der Waals surface area contributed by atoms with Crippen LogP contribution in [-0.4, -0.2) is 72.3 Å². The van der Waals surface area contributed by atoms with E-state index in [1.165, 1.54) is 0 Å². The SMILES string of the molecule is CCC(=O)N1CCC(C(=O)N2CCN(CC)CC2)CC1. The van der Waals surface area contributed by atoms with Gasteiger partial charge in [0.1, 0.15) is 0 Å². The van der Waals surface area contributed by atoms with Gasteiger partial charge in [-0.25, -0.2) is 0 Å². The molecular weight excluding hydrogens is 254 g/mol. The van der Waals surface area contributed by atoms with Crippen molar-refractivity contribution in [1.29, 1.82) is 0 Å². The Morgan fingerprint density at radius 1 is 0.900 bits per heavy atom. The van der Waals surface area contributed by atoms with Crippen LogP contribution in [0, 0.1) is 5.92 Å². The fourth-order valence-electron chi connectivity index (χ4n) is 3.14. The highest BCUT2D eigenvalue weighted by Crippen LogP contribution is 2.21. The van der Waals surface area contributed by atoms with E-state index in [1.807, 2.05) is 16.7 Å². The first-order chi connectivity index (χ1) is 9.65. The molecule has 0 radical (unpaired) electrons. The fourth-order valence-corrected chi connectivity index (χ4v) is 3.14. The molecule has 0 N–H and O–H groups in total. The number of piperazine rings is 1. The summed E-state index contributed by atoms with van der Waals surface area (Å²) in [7, 11) is 0. The smallest absolute Gasteiger partial charge is 0.225 e. The summed E-state index contributed by atoms with van der Waals surface area (Å²) in [6, 6.07) is 0. The Morgan fingerprint density at radius 3 is 2.00 bits per heavy atom. The van der Waals surface area contributed by atoms with E-state index in [2.05, 4.69) is 11.8 Å². The molecule has 0 bridgehead atoms. The first-order valence-electron chi connectivity index (χ1n) is 7.94. The van der Waals surface area contributed by atoms with E-state index < -0.39 is 0 Å². The summed E-state index contributed by atoms with van der Waals surface area (Å²) in [5.74, 6) is 0.654. The molecule has 20 heavy (non-hydrogen) atoms. The van der Waals surface area contributed by atoms with Crippen LogP contribution in [0.5, 0.6) is 0 Å². The van der Waals surface area contributed by atoms with E-state index in [0.29, 0.717) is 12.3 Å². The van der Waals surface area contributed by atoms with Gasteiger partial charge >= 0.3 is 0 Å². The van der Waals surface area contributed by atoms with Gasteiger partial charge in [-0.15, -0.1) is 0 Å². The second-order valence-electron chi connectivity index (χ2n) is 5.77. The molecule has 2 aliphatic rings. The largest absolute Gasteiger partial charge is 0.343 e. The zero-order chi connectivity index (χ0) is 14.5. The Morgan fingerprint density at radius 2 is 1.50 bits per heavy atom. The minimum Gasteiger partial charge on any atom is -0.343 e. The van der Waals surface area contributed by atoms with Gasteiger partial charge in [-0.05, 0) is 19.4 Å². The number of amides is 2. The van der Waals surface area contributed by atoms with E-state index in [4.69, 9.17) is 0 Å². The minimum atomic E-state index is 0.129. The van der Waals surface area contributed by atoms with E-state index in [-0.39, 0.29) is 11.8 Å². The average molecular weight is 281 g/mol. The maximum Gasteiger partial charge on any atom is 0.225 e. The van der Waals surface area contributed by atoms with Crippen molar-refractivity contribution in [3.05, 3.63) is 0 Å². The third-order valence-corrected chi connectivity index (χ3v) is 4.63. The Hall–Kier alpha value is -1.10. The van der Waals surface area contributed by atoms with Crippen molar-refractivity contribution in [1.82, 2.24) is 14.7 Å². The van der Waals surface area contributed by atoms with Crippen molar-refractivity contribution in [3.8, 4) is 0 Å². The van der Waals surface area contributed by atoms with Gasteiger partial charge in [-0.2, -0.15) is 0 Å². The maximum atomic E-state index is 12.5. The van der Waals surface area contributed by atoms with E-state index >= 15 is 0 Å². The van der Waals surface area contributed by atoms with E-state index in [9.17, 15) is 9.59 Å². The van der Waals surface area contributed by atoms with Crippen LogP contribution in [0.1, 0.15) is 33.1 Å². The molecule has 114 valence electrons. The van der Waals surface area contributed by atoms with Crippen LogP contribution in [0.25, 0.3) is 0 Å². The van der Waals surface area contributed by atoms with Crippen molar-refractivity contribution in [3.63, 3.8) is 0 Å². The molecule has 0 unspecified atom stereocenters. The first-order valence-corrected chi connectivity index (χ1v) is 7.94. The summed E-state index contributed by atoms with van der Waals surface area (Å²) in [5.41, 5.74) is 0. The lowest BCUT2D eigenvalue weighted by Crippen LogP contribution is -2.51. The third-order valence-electron chi connectivity index (χ3n) is 4.63. The number of likely N-dealkylation sites (N-methyl/N-ethyl adjacent to an activating group) is 1. The van der Waals surface area contributed by atoms with Crippen LogP contribution in [0.4, 0.5) is 0 Å². The molecule has 0 aromatic heterocycles. The molecular formula is C15H27N3O2. The lowest BCUT2D eigenvalue weighted by Gasteiger charge is -2.38. The van der Waals surface area contributed by atoms with Crippen LogP contribution in [0.15, 0.2) is 0 Å². The average Bonchev–Trinajstić information content (AvgIpc) is 2.53. The Bertz CT molecular complexity index is 343. The first kappa shape index (κ1) is 15.3. The maximum absolute atomic E-state index is 12.5. The topological polar surface area (TPSA) is 43.9 Å². The molecule has 0 aliphatic carbocycles. The summed E-state index contributed by atoms with van der Waals surface area (Å²) in [5, 5.41) is 0. The highest BCUT2D eigenvalue weighted by atomic mass is 16.2. The summed E-state index contributed by atoms with van der Waals surface area (Å²) in [4.78, 5) is 30.4. The van der Waals surface area contributed by atoms with Crippen LogP contribution in [-0.2, 0) is 9.59 Å². The molecule has 5 heteroatoms. The van der Waals surface area contributed by atoms with Crippen molar-refractivity contribution in [2.45, 2.75) is 33.1 Å². The standard InChI is InChI=1S/C15H27N3O2/c1-3-14(19)17-7-5-13(6-8-17)15(20)18-11-9-16(4-2)10-12-18/h13H,3-12H2,1-2H3. The highest BCUT2D eigenvalue weighted by molar-refractivity contribution is 5.80. The normalized spacial score (nSPS) is 22.1. The van der Waals surface area contributed by atoms with Crippen LogP contribution in [0.3, 0.4) is 0 Å². The molecule has 2 saturated heterocycles. The number of carbonyl (C=O) groups excluding carboxylic acids is 2. The van der Waals surface area contributed by atoms with Crippen LogP contribution in [0.2, 0.25) is 0 Å². The van der Waals surface area contributed by atoms with Gasteiger partial charge in [0.25, 0.3) is 0 Å². The zero-order valence-electron chi connectivity index (χ0n) is 12.8. The number of nitrogens with zero attached hydrogens (tertiary/aromatic N) is 3. The molecule has 5 nitrogen and oxygen atoms in total. The Kier molecular flexibility index (Phi) is 5.40. The number of rotatable bonds is 3. The second kappa shape index (κ2) is 7.07. The fraction of sp³-hybridized carbons (Fsp3) is 0.867. The van der Waals surface area contributed by atoms with E-state index in [1.54, 1.807) is 0 Å². The molecule has 2 fully saturated rings. The molecule has 2 amide bonds. The second-order valence-corrected chi connectivity index (χ2v) is 5.77. The van der Waals surface area contributed by atoms with Gasteiger partial charge in [0.2, 0.25) is 11.8 Å². The van der Waals surface area contributed by atoms with Gasteiger partial charge in [0.05, 0.1) is 0 Å². The van der Waals surface area contributed by atoms with Gasteiger partial charge in [0.15, 0.2) is 0 Å². The number of carbonyl (C=O) groups is 2. The molecule has 0 aromatic carbocycles. The predicted molar refractivity (Wildman–Crippen MR) is 78.3 cm³/mol. The molecule has 2 rings (SSSR count). The summed E-state index contributed by atoms with van der Waals surface area (Å²) < 4.78 is 0. The van der Waals surface area contributed by atoms with Gasteiger partial charge in [-0.3, -0.25) is 9.59 Å². The lowest BCUT2D eigenvalue weighted by atomic mass is 9.94. The van der Waals surface area contributed by atoms with Crippen molar-refractivity contribution in [2.24, 2.45) is 5.92 Å². The highest BCUT2D eigenvalue weighted by Gasteiger charge is 2.30. The minimum absolute atomic E-state index is 0.129. The van der Waals surface area contributed by atoms with Gasteiger partial charge in [-0.1, -0.05) is 13.8 Å². The van der Waals surface area contributed by atoms with Crippen molar-refractivity contribution in [2.75, 3.05) is 45.8 Å². The monoisotopic (exact) mass is 281 g/mol. The Balaban J connectivity index is 1.79. The number of piperidine rings is 1. The third kappa shape index (κ3) is 3.51. The summed E-state index contributed by atoms with van der Waals surface area (Å²) in [6.07, 6.45) is 2.23.